The van der Waals surface area contributed by atoms with Gasteiger partial charge in [0.2, 0.25) is 0 Å². The zero-order valence-electron chi connectivity index (χ0n) is 10.4. The third-order valence-corrected chi connectivity index (χ3v) is 3.38. The van der Waals surface area contributed by atoms with Crippen LogP contribution in [0, 0.1) is 6.92 Å². The van der Waals surface area contributed by atoms with Gasteiger partial charge >= 0.3 is 0 Å². The molecule has 0 aromatic carbocycles. The SMILES string of the molecule is CCC(C)(OC)C(N)c1c(C)ccnc1N. The fourth-order valence-electron chi connectivity index (χ4n) is 1.79. The van der Waals surface area contributed by atoms with Crippen molar-refractivity contribution in [2.24, 2.45) is 5.73 Å². The van der Waals surface area contributed by atoms with Crippen LogP contribution in [-0.4, -0.2) is 17.7 Å². The lowest BCUT2D eigenvalue weighted by atomic mass is 9.86. The number of hydrogen-bond donors (Lipinski definition) is 2. The van der Waals surface area contributed by atoms with Crippen molar-refractivity contribution in [3.63, 3.8) is 0 Å². The van der Waals surface area contributed by atoms with Crippen LogP contribution in [0.5, 0.6) is 0 Å². The molecule has 4 heteroatoms. The topological polar surface area (TPSA) is 74.2 Å². The Hall–Kier alpha value is -1.13. The molecule has 16 heavy (non-hydrogen) atoms. The highest BCUT2D eigenvalue weighted by Gasteiger charge is 2.33. The summed E-state index contributed by atoms with van der Waals surface area (Å²) in [5.74, 6) is 0.490. The molecule has 4 nitrogen and oxygen atoms in total. The smallest absolute Gasteiger partial charge is 0.128 e. The van der Waals surface area contributed by atoms with E-state index in [1.54, 1.807) is 13.3 Å². The van der Waals surface area contributed by atoms with Crippen LogP contribution in [0.4, 0.5) is 5.82 Å². The van der Waals surface area contributed by atoms with Crippen LogP contribution in [0.25, 0.3) is 0 Å². The molecular weight excluding hydrogens is 202 g/mol. The Morgan fingerprint density at radius 2 is 2.19 bits per heavy atom. The zero-order chi connectivity index (χ0) is 12.3. The Morgan fingerprint density at radius 1 is 1.56 bits per heavy atom. The number of ether oxygens (including phenoxy) is 1. The normalized spacial score (nSPS) is 16.8. The summed E-state index contributed by atoms with van der Waals surface area (Å²) in [6.45, 7) is 6.02. The summed E-state index contributed by atoms with van der Waals surface area (Å²) in [7, 11) is 1.67. The van der Waals surface area contributed by atoms with E-state index in [2.05, 4.69) is 4.98 Å². The number of methoxy groups -OCH3 is 1. The van der Waals surface area contributed by atoms with Crippen LogP contribution in [-0.2, 0) is 4.74 Å². The van der Waals surface area contributed by atoms with E-state index in [1.807, 2.05) is 26.8 Å². The minimum atomic E-state index is -0.415. The first kappa shape index (κ1) is 12.9. The number of aromatic nitrogens is 1. The van der Waals surface area contributed by atoms with Gasteiger partial charge in [0.05, 0.1) is 11.6 Å². The van der Waals surface area contributed by atoms with E-state index in [-0.39, 0.29) is 6.04 Å². The van der Waals surface area contributed by atoms with Gasteiger partial charge in [-0.2, -0.15) is 0 Å². The molecule has 0 aliphatic heterocycles. The van der Waals surface area contributed by atoms with Crippen LogP contribution < -0.4 is 11.5 Å². The molecule has 0 amide bonds. The van der Waals surface area contributed by atoms with Crippen molar-refractivity contribution < 1.29 is 4.74 Å². The fourth-order valence-corrected chi connectivity index (χ4v) is 1.79. The third-order valence-electron chi connectivity index (χ3n) is 3.38. The molecule has 1 aromatic rings. The van der Waals surface area contributed by atoms with E-state index < -0.39 is 5.60 Å². The molecule has 1 heterocycles. The van der Waals surface area contributed by atoms with Crippen molar-refractivity contribution in [1.82, 2.24) is 4.98 Å². The molecule has 0 saturated heterocycles. The molecule has 0 fully saturated rings. The van der Waals surface area contributed by atoms with E-state index >= 15 is 0 Å². The maximum absolute atomic E-state index is 6.25. The molecule has 0 bridgehead atoms. The predicted octanol–water partition coefficient (Wildman–Crippen LogP) is 1.79. The van der Waals surface area contributed by atoms with Crippen LogP contribution in [0.3, 0.4) is 0 Å². The summed E-state index contributed by atoms with van der Waals surface area (Å²) >= 11 is 0. The molecule has 0 aliphatic carbocycles. The van der Waals surface area contributed by atoms with Gasteiger partial charge in [0, 0.05) is 18.9 Å². The van der Waals surface area contributed by atoms with Crippen molar-refractivity contribution in [1.29, 1.82) is 0 Å². The largest absolute Gasteiger partial charge is 0.383 e. The molecule has 90 valence electrons. The number of aryl methyl sites for hydroxylation is 1. The summed E-state index contributed by atoms with van der Waals surface area (Å²) in [5.41, 5.74) is 13.7. The number of hydrogen-bond acceptors (Lipinski definition) is 4. The quantitative estimate of drug-likeness (QED) is 0.816. The van der Waals surface area contributed by atoms with Crippen LogP contribution >= 0.6 is 0 Å². The van der Waals surface area contributed by atoms with Gasteiger partial charge in [-0.3, -0.25) is 0 Å². The molecule has 4 N–H and O–H groups in total. The molecule has 0 radical (unpaired) electrons. The predicted molar refractivity (Wildman–Crippen MR) is 66.0 cm³/mol. The summed E-state index contributed by atoms with van der Waals surface area (Å²) in [4.78, 5) is 4.09. The van der Waals surface area contributed by atoms with Crippen molar-refractivity contribution in [3.05, 3.63) is 23.4 Å². The Kier molecular flexibility index (Phi) is 3.88. The number of pyridine rings is 1. The highest BCUT2D eigenvalue weighted by molar-refractivity contribution is 5.47. The van der Waals surface area contributed by atoms with Gasteiger partial charge in [-0.25, -0.2) is 4.98 Å². The first-order valence-electron chi connectivity index (χ1n) is 5.48. The first-order chi connectivity index (χ1) is 7.46. The molecule has 2 atom stereocenters. The molecule has 0 spiro atoms. The number of nitrogen functional groups attached to an aromatic ring is 1. The second kappa shape index (κ2) is 4.80. The Labute approximate surface area is 97.0 Å². The second-order valence-corrected chi connectivity index (χ2v) is 4.27. The van der Waals surface area contributed by atoms with Crippen molar-refractivity contribution >= 4 is 5.82 Å². The summed E-state index contributed by atoms with van der Waals surface area (Å²) < 4.78 is 5.50. The van der Waals surface area contributed by atoms with Crippen LogP contribution in [0.15, 0.2) is 12.3 Å². The van der Waals surface area contributed by atoms with Gasteiger partial charge in [-0.15, -0.1) is 0 Å². The molecule has 0 saturated carbocycles. The van der Waals surface area contributed by atoms with E-state index in [1.165, 1.54) is 0 Å². The number of nitrogens with two attached hydrogens (primary N) is 2. The molecule has 0 aliphatic rings. The van der Waals surface area contributed by atoms with Gasteiger partial charge in [0.15, 0.2) is 0 Å². The van der Waals surface area contributed by atoms with E-state index in [9.17, 15) is 0 Å². The van der Waals surface area contributed by atoms with Crippen molar-refractivity contribution in [2.75, 3.05) is 12.8 Å². The molecular formula is C12H21N3O. The lowest BCUT2D eigenvalue weighted by Crippen LogP contribution is -2.40. The van der Waals surface area contributed by atoms with Crippen molar-refractivity contribution in [2.45, 2.75) is 38.8 Å². The van der Waals surface area contributed by atoms with Crippen LogP contribution in [0.1, 0.15) is 37.4 Å². The highest BCUT2D eigenvalue weighted by atomic mass is 16.5. The monoisotopic (exact) mass is 223 g/mol. The highest BCUT2D eigenvalue weighted by Crippen LogP contribution is 2.33. The number of nitrogens with zero attached hydrogens (tertiary/aromatic N) is 1. The fraction of sp³-hybridized carbons (Fsp3) is 0.583. The minimum absolute atomic E-state index is 0.267. The van der Waals surface area contributed by atoms with E-state index in [0.29, 0.717) is 5.82 Å². The summed E-state index contributed by atoms with van der Waals surface area (Å²) in [6, 6.07) is 1.65. The second-order valence-electron chi connectivity index (χ2n) is 4.27. The van der Waals surface area contributed by atoms with Gasteiger partial charge < -0.3 is 16.2 Å². The summed E-state index contributed by atoms with van der Waals surface area (Å²) in [5, 5.41) is 0. The summed E-state index contributed by atoms with van der Waals surface area (Å²) in [6.07, 6.45) is 2.51. The maximum Gasteiger partial charge on any atom is 0.128 e. The Balaban J connectivity index is 3.18. The average Bonchev–Trinajstić information content (AvgIpc) is 2.27. The van der Waals surface area contributed by atoms with Gasteiger partial charge in [-0.1, -0.05) is 6.92 Å². The average molecular weight is 223 g/mol. The molecule has 1 aromatic heterocycles. The Morgan fingerprint density at radius 3 is 2.62 bits per heavy atom. The molecule has 1 rings (SSSR count). The standard InChI is InChI=1S/C12H21N3O/c1-5-12(3,16-4)10(13)9-8(2)6-7-15-11(9)14/h6-7,10H,5,13H2,1-4H3,(H2,14,15). The molecule has 2 unspecified atom stereocenters. The minimum Gasteiger partial charge on any atom is -0.383 e. The number of anilines is 1. The lowest BCUT2D eigenvalue weighted by Gasteiger charge is -2.34. The van der Waals surface area contributed by atoms with Crippen LogP contribution in [0.2, 0.25) is 0 Å². The first-order valence-corrected chi connectivity index (χ1v) is 5.48. The van der Waals surface area contributed by atoms with E-state index in [4.69, 9.17) is 16.2 Å². The third kappa shape index (κ3) is 2.18. The van der Waals surface area contributed by atoms with Crippen molar-refractivity contribution in [3.8, 4) is 0 Å². The number of rotatable bonds is 4. The zero-order valence-corrected chi connectivity index (χ0v) is 10.4. The Bertz CT molecular complexity index is 341. The lowest BCUT2D eigenvalue weighted by molar-refractivity contribution is -0.0195. The van der Waals surface area contributed by atoms with Gasteiger partial charge in [0.25, 0.3) is 0 Å². The maximum atomic E-state index is 6.25. The van der Waals surface area contributed by atoms with Gasteiger partial charge in [-0.05, 0) is 31.9 Å². The van der Waals surface area contributed by atoms with E-state index in [0.717, 1.165) is 17.5 Å². The van der Waals surface area contributed by atoms with Gasteiger partial charge in [0.1, 0.15) is 5.82 Å².